The van der Waals surface area contributed by atoms with Gasteiger partial charge in [-0.05, 0) is 17.7 Å². The van der Waals surface area contributed by atoms with Crippen LogP contribution < -0.4 is 10.9 Å². The smallest absolute Gasteiger partial charge is 0.300 e. The molecule has 0 aliphatic carbocycles. The monoisotopic (exact) mass is 295 g/mol. The third-order valence-electron chi connectivity index (χ3n) is 3.22. The number of carbonyl (C=O) groups excluding carboxylic acids is 1. The standard InChI is InChI=1S/C16H13N3O3/c20-14-13(15(21)17-10-11-6-2-1-3-7-11)18-12-8-4-5-9-19(12)16(14)22/h1-9,20H,10H2,(H,17,21). The molecule has 0 atom stereocenters. The molecule has 0 aliphatic heterocycles. The number of nitrogens with zero attached hydrogens (tertiary/aromatic N) is 2. The van der Waals surface area contributed by atoms with Crippen LogP contribution in [0.25, 0.3) is 5.65 Å². The van der Waals surface area contributed by atoms with E-state index in [2.05, 4.69) is 10.3 Å². The van der Waals surface area contributed by atoms with Gasteiger partial charge in [-0.2, -0.15) is 0 Å². The minimum atomic E-state index is -0.671. The average Bonchev–Trinajstić information content (AvgIpc) is 2.57. The molecule has 22 heavy (non-hydrogen) atoms. The molecular weight excluding hydrogens is 282 g/mol. The van der Waals surface area contributed by atoms with Gasteiger partial charge in [0.25, 0.3) is 5.91 Å². The van der Waals surface area contributed by atoms with Crippen LogP contribution in [0.15, 0.2) is 59.5 Å². The summed E-state index contributed by atoms with van der Waals surface area (Å²) in [5.41, 5.74) is 0.269. The number of nitrogens with one attached hydrogen (secondary N) is 1. The van der Waals surface area contributed by atoms with Crippen molar-refractivity contribution in [3.05, 3.63) is 76.3 Å². The Kier molecular flexibility index (Phi) is 3.57. The third kappa shape index (κ3) is 2.54. The van der Waals surface area contributed by atoms with Crippen LogP contribution >= 0.6 is 0 Å². The van der Waals surface area contributed by atoms with Crippen molar-refractivity contribution < 1.29 is 9.90 Å². The highest BCUT2D eigenvalue weighted by molar-refractivity contribution is 5.95. The molecule has 6 heteroatoms. The van der Waals surface area contributed by atoms with Gasteiger partial charge in [-0.25, -0.2) is 4.98 Å². The molecule has 2 heterocycles. The lowest BCUT2D eigenvalue weighted by Gasteiger charge is -2.07. The first-order valence-electron chi connectivity index (χ1n) is 6.69. The Morgan fingerprint density at radius 1 is 1.14 bits per heavy atom. The summed E-state index contributed by atoms with van der Waals surface area (Å²) >= 11 is 0. The maximum atomic E-state index is 12.2. The molecule has 0 aliphatic rings. The zero-order valence-electron chi connectivity index (χ0n) is 11.6. The van der Waals surface area contributed by atoms with Crippen LogP contribution in [0, 0.1) is 0 Å². The number of benzene rings is 1. The second-order valence-corrected chi connectivity index (χ2v) is 4.71. The SMILES string of the molecule is O=C(NCc1ccccc1)c1nc2ccccn2c(=O)c1O. The van der Waals surface area contributed by atoms with Crippen molar-refractivity contribution in [1.82, 2.24) is 14.7 Å². The van der Waals surface area contributed by atoms with Crippen LogP contribution in [0.2, 0.25) is 0 Å². The number of pyridine rings is 1. The summed E-state index contributed by atoms with van der Waals surface area (Å²) < 4.78 is 1.18. The van der Waals surface area contributed by atoms with Crippen LogP contribution in [-0.4, -0.2) is 20.4 Å². The van der Waals surface area contributed by atoms with E-state index in [-0.39, 0.29) is 12.2 Å². The number of hydrogen-bond acceptors (Lipinski definition) is 4. The quantitative estimate of drug-likeness (QED) is 0.763. The van der Waals surface area contributed by atoms with Crippen molar-refractivity contribution >= 4 is 11.6 Å². The first-order chi connectivity index (χ1) is 10.7. The molecule has 2 N–H and O–H groups in total. The number of aromatic hydroxyl groups is 1. The first-order valence-corrected chi connectivity index (χ1v) is 6.69. The lowest BCUT2D eigenvalue weighted by Crippen LogP contribution is -2.27. The summed E-state index contributed by atoms with van der Waals surface area (Å²) in [5.74, 6) is -1.25. The fraction of sp³-hybridized carbons (Fsp3) is 0.0625. The topological polar surface area (TPSA) is 83.7 Å². The van der Waals surface area contributed by atoms with Gasteiger partial charge in [0.2, 0.25) is 5.75 Å². The van der Waals surface area contributed by atoms with E-state index < -0.39 is 17.2 Å². The van der Waals surface area contributed by atoms with Crippen molar-refractivity contribution in [3.63, 3.8) is 0 Å². The van der Waals surface area contributed by atoms with E-state index in [1.54, 1.807) is 18.2 Å². The Hall–Kier alpha value is -3.15. The van der Waals surface area contributed by atoms with Gasteiger partial charge in [-0.1, -0.05) is 36.4 Å². The largest absolute Gasteiger partial charge is 0.501 e. The number of amides is 1. The number of carbonyl (C=O) groups is 1. The Morgan fingerprint density at radius 2 is 1.86 bits per heavy atom. The second-order valence-electron chi connectivity index (χ2n) is 4.71. The number of rotatable bonds is 3. The van der Waals surface area contributed by atoms with Crippen molar-refractivity contribution in [2.75, 3.05) is 0 Å². The molecular formula is C16H13N3O3. The summed E-state index contributed by atoms with van der Waals surface area (Å²) in [6, 6.07) is 14.3. The number of hydrogen-bond donors (Lipinski definition) is 2. The van der Waals surface area contributed by atoms with E-state index in [0.29, 0.717) is 5.65 Å². The predicted molar refractivity (Wildman–Crippen MR) is 80.7 cm³/mol. The summed E-state index contributed by atoms with van der Waals surface area (Å²) in [5, 5.41) is 12.5. The van der Waals surface area contributed by atoms with Gasteiger partial charge in [0.05, 0.1) is 0 Å². The van der Waals surface area contributed by atoms with Crippen LogP contribution in [-0.2, 0) is 6.54 Å². The van der Waals surface area contributed by atoms with Crippen LogP contribution in [0.3, 0.4) is 0 Å². The maximum Gasteiger partial charge on any atom is 0.300 e. The minimum Gasteiger partial charge on any atom is -0.501 e. The number of aromatic nitrogens is 2. The minimum absolute atomic E-state index is 0.271. The third-order valence-corrected chi connectivity index (χ3v) is 3.22. The number of fused-ring (bicyclic) bond motifs is 1. The molecule has 3 rings (SSSR count). The Balaban J connectivity index is 1.91. The van der Waals surface area contributed by atoms with Gasteiger partial charge in [0.15, 0.2) is 5.69 Å². The molecule has 110 valence electrons. The van der Waals surface area contributed by atoms with E-state index >= 15 is 0 Å². The van der Waals surface area contributed by atoms with Gasteiger partial charge < -0.3 is 10.4 Å². The molecule has 0 saturated heterocycles. The molecule has 2 aromatic heterocycles. The van der Waals surface area contributed by atoms with Crippen LogP contribution in [0.5, 0.6) is 5.75 Å². The molecule has 0 bridgehead atoms. The molecule has 1 amide bonds. The Bertz CT molecular complexity index is 888. The predicted octanol–water partition coefficient (Wildman–Crippen LogP) is 1.33. The van der Waals surface area contributed by atoms with Gasteiger partial charge in [0, 0.05) is 12.7 Å². The second kappa shape index (κ2) is 5.69. The normalized spacial score (nSPS) is 10.5. The van der Waals surface area contributed by atoms with E-state index in [0.717, 1.165) is 5.56 Å². The van der Waals surface area contributed by atoms with E-state index in [9.17, 15) is 14.7 Å². The van der Waals surface area contributed by atoms with Crippen molar-refractivity contribution in [2.45, 2.75) is 6.54 Å². The zero-order valence-corrected chi connectivity index (χ0v) is 11.6. The highest BCUT2D eigenvalue weighted by Crippen LogP contribution is 2.10. The molecule has 1 aromatic carbocycles. The summed E-state index contributed by atoms with van der Waals surface area (Å²) in [6.07, 6.45) is 1.48. The van der Waals surface area contributed by atoms with Gasteiger partial charge in [-0.15, -0.1) is 0 Å². The lowest BCUT2D eigenvalue weighted by molar-refractivity contribution is 0.0942. The summed E-state index contributed by atoms with van der Waals surface area (Å²) in [6.45, 7) is 0.287. The highest BCUT2D eigenvalue weighted by Gasteiger charge is 2.18. The van der Waals surface area contributed by atoms with Crippen molar-refractivity contribution in [2.24, 2.45) is 0 Å². The van der Waals surface area contributed by atoms with Crippen molar-refractivity contribution in [3.8, 4) is 5.75 Å². The molecule has 0 radical (unpaired) electrons. The molecule has 3 aromatic rings. The van der Waals surface area contributed by atoms with Crippen LogP contribution in [0.1, 0.15) is 16.1 Å². The average molecular weight is 295 g/mol. The zero-order chi connectivity index (χ0) is 15.5. The molecule has 0 fully saturated rings. The van der Waals surface area contributed by atoms with E-state index in [1.165, 1.54) is 10.6 Å². The van der Waals surface area contributed by atoms with Gasteiger partial charge in [0.1, 0.15) is 5.65 Å². The van der Waals surface area contributed by atoms with E-state index in [4.69, 9.17) is 0 Å². The lowest BCUT2D eigenvalue weighted by atomic mass is 10.2. The van der Waals surface area contributed by atoms with Crippen molar-refractivity contribution in [1.29, 1.82) is 0 Å². The highest BCUT2D eigenvalue weighted by atomic mass is 16.3. The molecule has 6 nitrogen and oxygen atoms in total. The van der Waals surface area contributed by atoms with Crippen LogP contribution in [0.4, 0.5) is 0 Å². The fourth-order valence-electron chi connectivity index (χ4n) is 2.10. The summed E-state index contributed by atoms with van der Waals surface area (Å²) in [7, 11) is 0. The maximum absolute atomic E-state index is 12.2. The van der Waals surface area contributed by atoms with E-state index in [1.807, 2.05) is 30.3 Å². The summed E-state index contributed by atoms with van der Waals surface area (Å²) in [4.78, 5) is 28.2. The van der Waals surface area contributed by atoms with Gasteiger partial charge >= 0.3 is 5.56 Å². The van der Waals surface area contributed by atoms with Gasteiger partial charge in [-0.3, -0.25) is 14.0 Å². The molecule has 0 saturated carbocycles. The molecule has 0 spiro atoms. The Morgan fingerprint density at radius 3 is 2.64 bits per heavy atom. The molecule has 0 unspecified atom stereocenters. The Labute approximate surface area is 125 Å². The first kappa shape index (κ1) is 13.8. The fourth-order valence-corrected chi connectivity index (χ4v) is 2.10.